The van der Waals surface area contributed by atoms with Crippen LogP contribution in [0.5, 0.6) is 0 Å². The first-order chi connectivity index (χ1) is 15.2. The van der Waals surface area contributed by atoms with E-state index in [4.69, 9.17) is 24.4 Å². The molecule has 0 radical (unpaired) electrons. The van der Waals surface area contributed by atoms with Gasteiger partial charge in [-0.3, -0.25) is 0 Å². The number of benzene rings is 2. The van der Waals surface area contributed by atoms with Crippen molar-refractivity contribution in [2.75, 3.05) is 26.2 Å². The van der Waals surface area contributed by atoms with Crippen molar-refractivity contribution < 1.29 is 0 Å². The van der Waals surface area contributed by atoms with Crippen molar-refractivity contribution in [3.63, 3.8) is 0 Å². The topological polar surface area (TPSA) is 48.1 Å². The molecule has 6 heteroatoms. The molecule has 0 bridgehead atoms. The van der Waals surface area contributed by atoms with Crippen LogP contribution in [-0.4, -0.2) is 36.4 Å². The van der Waals surface area contributed by atoms with Crippen molar-refractivity contribution in [1.29, 1.82) is 0 Å². The Morgan fingerprint density at radius 3 is 1.26 bits per heavy atom. The Labute approximate surface area is 198 Å². The second-order valence-corrected chi connectivity index (χ2v) is 8.42. The van der Waals surface area contributed by atoms with E-state index < -0.39 is 0 Å². The fraction of sp³-hybridized carbons (Fsp3) is 0.440. The van der Waals surface area contributed by atoms with Crippen LogP contribution in [0.1, 0.15) is 43.2 Å². The van der Waals surface area contributed by atoms with Gasteiger partial charge in [-0.2, -0.15) is 0 Å². The highest BCUT2D eigenvalue weighted by molar-refractivity contribution is 7.80. The third kappa shape index (κ3) is 13.0. The van der Waals surface area contributed by atoms with Gasteiger partial charge in [-0.05, 0) is 61.2 Å². The van der Waals surface area contributed by atoms with Crippen molar-refractivity contribution >= 4 is 34.7 Å². The largest absolute Gasteiger partial charge is 0.363 e. The van der Waals surface area contributed by atoms with Crippen LogP contribution in [0.25, 0.3) is 0 Å². The van der Waals surface area contributed by atoms with Gasteiger partial charge in [0, 0.05) is 26.2 Å². The Kier molecular flexibility index (Phi) is 13.4. The van der Waals surface area contributed by atoms with Crippen LogP contribution < -0.4 is 21.3 Å². The van der Waals surface area contributed by atoms with E-state index in [9.17, 15) is 0 Å². The number of unbranched alkanes of at least 4 members (excludes halogenated alkanes) is 4. The summed E-state index contributed by atoms with van der Waals surface area (Å²) in [7, 11) is 0. The van der Waals surface area contributed by atoms with Gasteiger partial charge in [-0.15, -0.1) is 0 Å². The first-order valence-electron chi connectivity index (χ1n) is 11.4. The third-order valence-corrected chi connectivity index (χ3v) is 5.59. The highest BCUT2D eigenvalue weighted by Gasteiger charge is 1.98. The van der Waals surface area contributed by atoms with Crippen LogP contribution in [0.3, 0.4) is 0 Å². The highest BCUT2D eigenvalue weighted by atomic mass is 32.1. The van der Waals surface area contributed by atoms with Crippen molar-refractivity contribution in [3.05, 3.63) is 71.8 Å². The SMILES string of the molecule is S=C(NCCCCCCCNC(=S)NCCc1ccccc1)NCCc1ccccc1. The Morgan fingerprint density at radius 2 is 0.839 bits per heavy atom. The quantitative estimate of drug-likeness (QED) is 0.250. The summed E-state index contributed by atoms with van der Waals surface area (Å²) >= 11 is 10.7. The predicted molar refractivity (Wildman–Crippen MR) is 141 cm³/mol. The predicted octanol–water partition coefficient (Wildman–Crippen LogP) is 4.35. The Balaban J connectivity index is 1.33. The molecule has 0 unspecified atom stereocenters. The molecular formula is C25H36N4S2. The molecule has 2 aromatic carbocycles. The summed E-state index contributed by atoms with van der Waals surface area (Å²) in [6.45, 7) is 3.60. The average Bonchev–Trinajstić information content (AvgIpc) is 2.79. The summed E-state index contributed by atoms with van der Waals surface area (Å²) in [6.07, 6.45) is 7.96. The van der Waals surface area contributed by atoms with E-state index >= 15 is 0 Å². The zero-order chi connectivity index (χ0) is 22.0. The summed E-state index contributed by atoms with van der Waals surface area (Å²) in [5.41, 5.74) is 2.66. The Bertz CT molecular complexity index is 674. The second-order valence-electron chi connectivity index (χ2n) is 7.60. The molecule has 0 aromatic heterocycles. The minimum absolute atomic E-state index is 0.758. The van der Waals surface area contributed by atoms with Crippen LogP contribution in [0.4, 0.5) is 0 Å². The van der Waals surface area contributed by atoms with E-state index in [0.717, 1.165) is 62.1 Å². The monoisotopic (exact) mass is 456 g/mol. The molecule has 0 aliphatic rings. The zero-order valence-electron chi connectivity index (χ0n) is 18.4. The molecule has 0 saturated carbocycles. The molecule has 0 saturated heterocycles. The summed E-state index contributed by atoms with van der Waals surface area (Å²) in [6, 6.07) is 20.9. The van der Waals surface area contributed by atoms with Crippen molar-refractivity contribution in [3.8, 4) is 0 Å². The van der Waals surface area contributed by atoms with Gasteiger partial charge < -0.3 is 21.3 Å². The molecule has 0 heterocycles. The number of nitrogens with one attached hydrogen (secondary N) is 4. The molecule has 0 aliphatic heterocycles. The van der Waals surface area contributed by atoms with Gasteiger partial charge in [0.2, 0.25) is 0 Å². The van der Waals surface area contributed by atoms with E-state index in [0.29, 0.717) is 0 Å². The smallest absolute Gasteiger partial charge is 0.166 e. The van der Waals surface area contributed by atoms with Gasteiger partial charge in [0.15, 0.2) is 10.2 Å². The third-order valence-electron chi connectivity index (χ3n) is 5.01. The minimum Gasteiger partial charge on any atom is -0.363 e. The molecule has 0 spiro atoms. The van der Waals surface area contributed by atoms with E-state index in [1.807, 2.05) is 12.1 Å². The summed E-state index contributed by atoms with van der Waals surface area (Å²) in [4.78, 5) is 0. The van der Waals surface area contributed by atoms with Crippen LogP contribution in [0.2, 0.25) is 0 Å². The second kappa shape index (κ2) is 16.5. The molecule has 2 rings (SSSR count). The first kappa shape index (κ1) is 25.1. The first-order valence-corrected chi connectivity index (χ1v) is 12.2. The molecule has 0 fully saturated rings. The van der Waals surface area contributed by atoms with E-state index in [1.165, 1.54) is 30.4 Å². The maximum absolute atomic E-state index is 5.34. The van der Waals surface area contributed by atoms with Crippen molar-refractivity contribution in [1.82, 2.24) is 21.3 Å². The number of rotatable bonds is 14. The number of thiocarbonyl (C=S) groups is 2. The van der Waals surface area contributed by atoms with Gasteiger partial charge in [-0.1, -0.05) is 79.9 Å². The molecule has 31 heavy (non-hydrogen) atoms. The van der Waals surface area contributed by atoms with E-state index in [1.54, 1.807) is 0 Å². The molecule has 4 nitrogen and oxygen atoms in total. The average molecular weight is 457 g/mol. The Morgan fingerprint density at radius 1 is 0.484 bits per heavy atom. The van der Waals surface area contributed by atoms with Gasteiger partial charge in [0.1, 0.15) is 0 Å². The molecule has 168 valence electrons. The van der Waals surface area contributed by atoms with Gasteiger partial charge in [-0.25, -0.2) is 0 Å². The van der Waals surface area contributed by atoms with Crippen molar-refractivity contribution in [2.45, 2.75) is 44.9 Å². The highest BCUT2D eigenvalue weighted by Crippen LogP contribution is 2.02. The maximum Gasteiger partial charge on any atom is 0.166 e. The molecule has 0 aliphatic carbocycles. The fourth-order valence-corrected chi connectivity index (χ4v) is 3.65. The molecule has 0 atom stereocenters. The van der Waals surface area contributed by atoms with Crippen LogP contribution in [-0.2, 0) is 12.8 Å². The lowest BCUT2D eigenvalue weighted by Gasteiger charge is -2.11. The summed E-state index contributed by atoms with van der Waals surface area (Å²) in [5.74, 6) is 0. The zero-order valence-corrected chi connectivity index (χ0v) is 20.0. The minimum atomic E-state index is 0.758. The molecule has 2 aromatic rings. The van der Waals surface area contributed by atoms with Crippen LogP contribution in [0, 0.1) is 0 Å². The lowest BCUT2D eigenvalue weighted by Crippen LogP contribution is -2.37. The number of hydrogen-bond donors (Lipinski definition) is 4. The fourth-order valence-electron chi connectivity index (χ4n) is 3.24. The Hall–Kier alpha value is -2.18. The summed E-state index contributed by atoms with van der Waals surface area (Å²) < 4.78 is 0. The normalized spacial score (nSPS) is 10.3. The maximum atomic E-state index is 5.34. The van der Waals surface area contributed by atoms with Crippen molar-refractivity contribution in [2.24, 2.45) is 0 Å². The van der Waals surface area contributed by atoms with E-state index in [-0.39, 0.29) is 0 Å². The summed E-state index contributed by atoms with van der Waals surface area (Å²) in [5, 5.41) is 14.7. The van der Waals surface area contributed by atoms with Gasteiger partial charge in [0.05, 0.1) is 0 Å². The lowest BCUT2D eigenvalue weighted by atomic mass is 10.1. The van der Waals surface area contributed by atoms with Gasteiger partial charge >= 0.3 is 0 Å². The van der Waals surface area contributed by atoms with Crippen LogP contribution >= 0.6 is 24.4 Å². The molecule has 0 amide bonds. The molecule has 4 N–H and O–H groups in total. The standard InChI is InChI=1S/C25H36N4S2/c30-24(28-20-16-22-12-6-4-7-13-22)26-18-10-2-1-3-11-19-27-25(31)29-21-17-23-14-8-5-9-15-23/h4-9,12-15H,1-3,10-11,16-21H2,(H2,26,28,30)(H2,27,29,31). The lowest BCUT2D eigenvalue weighted by molar-refractivity contribution is 0.600. The van der Waals surface area contributed by atoms with Crippen LogP contribution in [0.15, 0.2) is 60.7 Å². The van der Waals surface area contributed by atoms with E-state index in [2.05, 4.69) is 69.8 Å². The van der Waals surface area contributed by atoms with Gasteiger partial charge in [0.25, 0.3) is 0 Å². The number of hydrogen-bond acceptors (Lipinski definition) is 2. The molecular weight excluding hydrogens is 420 g/mol.